The average molecular weight is 287 g/mol. The molecule has 0 unspecified atom stereocenters. The number of carbonyl (C=O) groups excluding carboxylic acids is 1. The highest BCUT2D eigenvalue weighted by Gasteiger charge is 2.21. The van der Waals surface area contributed by atoms with E-state index in [4.69, 9.17) is 0 Å². The number of hydrogen-bond donors (Lipinski definition) is 1. The van der Waals surface area contributed by atoms with Gasteiger partial charge in [-0.05, 0) is 38.3 Å². The molecule has 112 valence electrons. The Kier molecular flexibility index (Phi) is 3.92. The summed E-state index contributed by atoms with van der Waals surface area (Å²) in [5, 5.41) is 9.49. The van der Waals surface area contributed by atoms with E-state index in [0.29, 0.717) is 38.8 Å². The lowest BCUT2D eigenvalue weighted by Gasteiger charge is -2.29. The van der Waals surface area contributed by atoms with E-state index in [0.717, 1.165) is 17.0 Å². The third-order valence-electron chi connectivity index (χ3n) is 4.22. The van der Waals surface area contributed by atoms with Crippen molar-refractivity contribution in [2.24, 2.45) is 0 Å². The van der Waals surface area contributed by atoms with Crippen LogP contribution in [0, 0.1) is 6.92 Å². The molecule has 1 saturated heterocycles. The van der Waals surface area contributed by atoms with E-state index < -0.39 is 0 Å². The number of hydrogen-bond acceptors (Lipinski definition) is 3. The summed E-state index contributed by atoms with van der Waals surface area (Å²) in [6.07, 6.45) is 4.34. The monoisotopic (exact) mass is 287 g/mol. The number of carbonyl (C=O) groups is 1. The van der Waals surface area contributed by atoms with Crippen molar-refractivity contribution in [2.45, 2.75) is 38.7 Å². The molecule has 2 aromatic heterocycles. The second-order valence-corrected chi connectivity index (χ2v) is 5.68. The van der Waals surface area contributed by atoms with Crippen LogP contribution in [-0.4, -0.2) is 44.5 Å². The Hall–Kier alpha value is -1.88. The Balaban J connectivity index is 1.66. The number of imidazole rings is 1. The van der Waals surface area contributed by atoms with E-state index in [9.17, 15) is 9.90 Å². The van der Waals surface area contributed by atoms with E-state index in [2.05, 4.69) is 9.38 Å². The van der Waals surface area contributed by atoms with Crippen molar-refractivity contribution in [3.8, 4) is 0 Å². The molecule has 1 amide bonds. The minimum atomic E-state index is -0.241. The van der Waals surface area contributed by atoms with Crippen molar-refractivity contribution < 1.29 is 9.90 Å². The zero-order valence-corrected chi connectivity index (χ0v) is 12.3. The summed E-state index contributed by atoms with van der Waals surface area (Å²) in [7, 11) is 0. The SMILES string of the molecule is Cc1nc2ccccn2c1CCC(=O)N1CCC(O)CC1. The quantitative estimate of drug-likeness (QED) is 0.932. The van der Waals surface area contributed by atoms with Gasteiger partial charge in [0.05, 0.1) is 11.8 Å². The van der Waals surface area contributed by atoms with E-state index in [1.54, 1.807) is 0 Å². The molecule has 3 rings (SSSR count). The number of piperidine rings is 1. The van der Waals surface area contributed by atoms with Gasteiger partial charge in [0.2, 0.25) is 5.91 Å². The molecule has 0 saturated carbocycles. The Morgan fingerprint density at radius 3 is 2.90 bits per heavy atom. The van der Waals surface area contributed by atoms with E-state index in [-0.39, 0.29) is 12.0 Å². The van der Waals surface area contributed by atoms with Gasteiger partial charge < -0.3 is 14.4 Å². The van der Waals surface area contributed by atoms with E-state index >= 15 is 0 Å². The maximum absolute atomic E-state index is 12.3. The van der Waals surface area contributed by atoms with Gasteiger partial charge in [-0.3, -0.25) is 4.79 Å². The molecule has 1 N–H and O–H groups in total. The largest absolute Gasteiger partial charge is 0.393 e. The fourth-order valence-electron chi connectivity index (χ4n) is 2.96. The number of fused-ring (bicyclic) bond motifs is 1. The maximum Gasteiger partial charge on any atom is 0.222 e. The number of amides is 1. The fourth-order valence-corrected chi connectivity index (χ4v) is 2.96. The summed E-state index contributed by atoms with van der Waals surface area (Å²) in [5.74, 6) is 0.173. The van der Waals surface area contributed by atoms with Crippen LogP contribution in [0.25, 0.3) is 5.65 Å². The number of aliphatic hydroxyl groups excluding tert-OH is 1. The summed E-state index contributed by atoms with van der Waals surface area (Å²) in [5.41, 5.74) is 3.03. The topological polar surface area (TPSA) is 57.8 Å². The number of nitrogens with zero attached hydrogens (tertiary/aromatic N) is 3. The van der Waals surface area contributed by atoms with Gasteiger partial charge in [-0.1, -0.05) is 6.07 Å². The van der Waals surface area contributed by atoms with Gasteiger partial charge in [0.25, 0.3) is 0 Å². The minimum Gasteiger partial charge on any atom is -0.393 e. The van der Waals surface area contributed by atoms with Crippen LogP contribution >= 0.6 is 0 Å². The van der Waals surface area contributed by atoms with Gasteiger partial charge in [-0.15, -0.1) is 0 Å². The lowest BCUT2D eigenvalue weighted by atomic mass is 10.1. The summed E-state index contributed by atoms with van der Waals surface area (Å²) in [6, 6.07) is 5.92. The molecule has 0 radical (unpaired) electrons. The first-order valence-electron chi connectivity index (χ1n) is 7.53. The van der Waals surface area contributed by atoms with Gasteiger partial charge in [-0.2, -0.15) is 0 Å². The van der Waals surface area contributed by atoms with Crippen molar-refractivity contribution in [3.05, 3.63) is 35.8 Å². The molecule has 1 aliphatic rings. The molecule has 2 aromatic rings. The number of rotatable bonds is 3. The molecule has 0 bridgehead atoms. The molecule has 1 aliphatic heterocycles. The van der Waals surface area contributed by atoms with Crippen molar-refractivity contribution in [1.82, 2.24) is 14.3 Å². The maximum atomic E-state index is 12.3. The predicted octanol–water partition coefficient (Wildman–Crippen LogP) is 1.56. The Bertz CT molecular complexity index is 642. The predicted molar refractivity (Wildman–Crippen MR) is 80.1 cm³/mol. The van der Waals surface area contributed by atoms with Gasteiger partial charge in [0.1, 0.15) is 5.65 Å². The molecule has 5 nitrogen and oxygen atoms in total. The Morgan fingerprint density at radius 2 is 2.14 bits per heavy atom. The number of pyridine rings is 1. The summed E-state index contributed by atoms with van der Waals surface area (Å²) >= 11 is 0. The van der Waals surface area contributed by atoms with Crippen LogP contribution in [0.4, 0.5) is 0 Å². The fraction of sp³-hybridized carbons (Fsp3) is 0.500. The summed E-state index contributed by atoms with van der Waals surface area (Å²) < 4.78 is 2.06. The smallest absolute Gasteiger partial charge is 0.222 e. The molecule has 0 aromatic carbocycles. The second kappa shape index (κ2) is 5.85. The molecular weight excluding hydrogens is 266 g/mol. The van der Waals surface area contributed by atoms with Gasteiger partial charge in [0.15, 0.2) is 0 Å². The third kappa shape index (κ3) is 2.93. The second-order valence-electron chi connectivity index (χ2n) is 5.68. The number of likely N-dealkylation sites (tertiary alicyclic amines) is 1. The first kappa shape index (κ1) is 14.1. The highest BCUT2D eigenvalue weighted by atomic mass is 16.3. The minimum absolute atomic E-state index is 0.173. The highest BCUT2D eigenvalue weighted by Crippen LogP contribution is 2.16. The van der Waals surface area contributed by atoms with Crippen LogP contribution in [0.5, 0.6) is 0 Å². The van der Waals surface area contributed by atoms with Crippen LogP contribution in [0.3, 0.4) is 0 Å². The molecule has 0 spiro atoms. The van der Waals surface area contributed by atoms with Crippen LogP contribution in [-0.2, 0) is 11.2 Å². The molecule has 5 heteroatoms. The van der Waals surface area contributed by atoms with Crippen LogP contribution in [0.2, 0.25) is 0 Å². The molecular formula is C16H21N3O2. The van der Waals surface area contributed by atoms with Crippen LogP contribution < -0.4 is 0 Å². The van der Waals surface area contributed by atoms with Crippen molar-refractivity contribution >= 4 is 11.6 Å². The first-order valence-corrected chi connectivity index (χ1v) is 7.53. The van der Waals surface area contributed by atoms with E-state index in [1.165, 1.54) is 0 Å². The van der Waals surface area contributed by atoms with Gasteiger partial charge in [-0.25, -0.2) is 4.98 Å². The van der Waals surface area contributed by atoms with Gasteiger partial charge >= 0.3 is 0 Å². The summed E-state index contributed by atoms with van der Waals surface area (Å²) in [4.78, 5) is 18.6. The Morgan fingerprint density at radius 1 is 1.38 bits per heavy atom. The number of aliphatic hydroxyl groups is 1. The first-order chi connectivity index (χ1) is 10.1. The molecule has 1 fully saturated rings. The van der Waals surface area contributed by atoms with E-state index in [1.807, 2.05) is 36.2 Å². The number of aromatic nitrogens is 2. The zero-order valence-electron chi connectivity index (χ0n) is 12.3. The van der Waals surface area contributed by atoms with Crippen molar-refractivity contribution in [3.63, 3.8) is 0 Å². The molecule has 21 heavy (non-hydrogen) atoms. The van der Waals surface area contributed by atoms with Crippen LogP contribution in [0.15, 0.2) is 24.4 Å². The Labute approximate surface area is 124 Å². The highest BCUT2D eigenvalue weighted by molar-refractivity contribution is 5.76. The average Bonchev–Trinajstić information content (AvgIpc) is 2.81. The lowest BCUT2D eigenvalue weighted by Crippen LogP contribution is -2.40. The zero-order chi connectivity index (χ0) is 14.8. The van der Waals surface area contributed by atoms with Crippen LogP contribution in [0.1, 0.15) is 30.7 Å². The van der Waals surface area contributed by atoms with Crippen molar-refractivity contribution in [2.75, 3.05) is 13.1 Å². The molecule has 0 aliphatic carbocycles. The molecule has 3 heterocycles. The lowest BCUT2D eigenvalue weighted by molar-refractivity contribution is -0.133. The summed E-state index contributed by atoms with van der Waals surface area (Å²) in [6.45, 7) is 3.34. The normalized spacial score (nSPS) is 16.6. The molecule has 0 atom stereocenters. The standard InChI is InChI=1S/C16H21N3O2/c1-12-14(19-9-3-2-4-15(19)17-12)5-6-16(21)18-10-7-13(20)8-11-18/h2-4,9,13,20H,5-8,10-11H2,1H3. The third-order valence-corrected chi connectivity index (χ3v) is 4.22. The number of aryl methyl sites for hydroxylation is 2. The van der Waals surface area contributed by atoms with Gasteiger partial charge in [0, 0.05) is 31.4 Å². The van der Waals surface area contributed by atoms with Crippen molar-refractivity contribution in [1.29, 1.82) is 0 Å².